The molecule has 1 fully saturated rings. The molecule has 0 aromatic heterocycles. The number of amides is 3. The molecule has 0 spiro atoms. The van der Waals surface area contributed by atoms with Gasteiger partial charge in [-0.25, -0.2) is 0 Å². The molecule has 168 valence electrons. The summed E-state index contributed by atoms with van der Waals surface area (Å²) in [4.78, 5) is 49.2. The minimum Gasteiger partial charge on any atom is -0.455 e. The fourth-order valence-electron chi connectivity index (χ4n) is 3.34. The van der Waals surface area contributed by atoms with Crippen LogP contribution in [0.1, 0.15) is 33.5 Å². The molecule has 0 aliphatic carbocycles. The lowest BCUT2D eigenvalue weighted by molar-refractivity contribution is -0.151. The van der Waals surface area contributed by atoms with Gasteiger partial charge in [0.1, 0.15) is 0 Å². The average molecular weight is 502 g/mol. The Bertz CT molecular complexity index is 1090. The first-order valence-corrected chi connectivity index (χ1v) is 10.8. The van der Waals surface area contributed by atoms with Gasteiger partial charge in [0.05, 0.1) is 12.5 Å². The maximum Gasteiger partial charge on any atom is 0.311 e. The Kier molecular flexibility index (Phi) is 7.29. The van der Waals surface area contributed by atoms with Gasteiger partial charge < -0.3 is 10.1 Å². The van der Waals surface area contributed by atoms with E-state index in [-0.39, 0.29) is 18.9 Å². The normalized spacial score (nSPS) is 15.4. The number of anilines is 1. The molecule has 0 unspecified atom stereocenters. The SMILES string of the molecule is Cc1cc(NC(=O)COC(=O)[C@H]2CC(=O)N(NC(=O)c3ccccc3C)C2)c(C)cc1Br. The highest BCUT2D eigenvalue weighted by Crippen LogP contribution is 2.24. The van der Waals surface area contributed by atoms with Gasteiger partial charge in [-0.1, -0.05) is 34.1 Å². The number of aryl methyl sites for hydroxylation is 3. The van der Waals surface area contributed by atoms with Crippen molar-refractivity contribution >= 4 is 45.3 Å². The summed E-state index contributed by atoms with van der Waals surface area (Å²) in [6.45, 7) is 5.08. The highest BCUT2D eigenvalue weighted by Gasteiger charge is 2.36. The fourth-order valence-corrected chi connectivity index (χ4v) is 3.80. The summed E-state index contributed by atoms with van der Waals surface area (Å²) in [6, 6.07) is 10.7. The molecule has 3 amide bonds. The van der Waals surface area contributed by atoms with Crippen molar-refractivity contribution in [2.45, 2.75) is 27.2 Å². The zero-order chi connectivity index (χ0) is 23.4. The Morgan fingerprint density at radius 2 is 1.81 bits per heavy atom. The molecule has 0 saturated carbocycles. The molecule has 9 heteroatoms. The van der Waals surface area contributed by atoms with E-state index in [0.717, 1.165) is 26.2 Å². The predicted molar refractivity (Wildman–Crippen MR) is 122 cm³/mol. The molecular formula is C23H24BrN3O5. The van der Waals surface area contributed by atoms with Crippen molar-refractivity contribution in [1.82, 2.24) is 10.4 Å². The fraction of sp³-hybridized carbons (Fsp3) is 0.304. The largest absolute Gasteiger partial charge is 0.455 e. The molecule has 0 radical (unpaired) electrons. The minimum absolute atomic E-state index is 0.0120. The molecule has 1 saturated heterocycles. The zero-order valence-corrected chi connectivity index (χ0v) is 19.6. The number of ether oxygens (including phenoxy) is 1. The van der Waals surface area contributed by atoms with Crippen molar-refractivity contribution < 1.29 is 23.9 Å². The number of carbonyl (C=O) groups is 4. The van der Waals surface area contributed by atoms with Crippen LogP contribution in [0.2, 0.25) is 0 Å². The summed E-state index contributed by atoms with van der Waals surface area (Å²) in [7, 11) is 0. The molecule has 2 aromatic carbocycles. The topological polar surface area (TPSA) is 105 Å². The Hall–Kier alpha value is -3.20. The van der Waals surface area contributed by atoms with E-state index in [1.807, 2.05) is 32.0 Å². The van der Waals surface area contributed by atoms with E-state index in [0.29, 0.717) is 11.3 Å². The van der Waals surface area contributed by atoms with Crippen molar-refractivity contribution in [3.8, 4) is 0 Å². The monoisotopic (exact) mass is 501 g/mol. The predicted octanol–water partition coefficient (Wildman–Crippen LogP) is 3.05. The number of hydrogen-bond donors (Lipinski definition) is 2. The highest BCUT2D eigenvalue weighted by molar-refractivity contribution is 9.10. The van der Waals surface area contributed by atoms with Crippen molar-refractivity contribution in [3.05, 3.63) is 63.1 Å². The maximum absolute atomic E-state index is 12.4. The zero-order valence-electron chi connectivity index (χ0n) is 18.0. The van der Waals surface area contributed by atoms with Crippen LogP contribution < -0.4 is 10.7 Å². The third kappa shape index (κ3) is 5.53. The van der Waals surface area contributed by atoms with Gasteiger partial charge >= 0.3 is 5.97 Å². The van der Waals surface area contributed by atoms with Crippen molar-refractivity contribution in [2.75, 3.05) is 18.5 Å². The van der Waals surface area contributed by atoms with Gasteiger partial charge in [-0.3, -0.25) is 29.6 Å². The van der Waals surface area contributed by atoms with Crippen LogP contribution in [0.25, 0.3) is 0 Å². The number of hydrazine groups is 1. The van der Waals surface area contributed by atoms with Gasteiger partial charge in [-0.2, -0.15) is 0 Å². The molecule has 2 aromatic rings. The lowest BCUT2D eigenvalue weighted by Crippen LogP contribution is -2.43. The quantitative estimate of drug-likeness (QED) is 0.591. The van der Waals surface area contributed by atoms with Crippen LogP contribution >= 0.6 is 15.9 Å². The molecule has 0 bridgehead atoms. The van der Waals surface area contributed by atoms with E-state index in [4.69, 9.17) is 4.74 Å². The van der Waals surface area contributed by atoms with Crippen molar-refractivity contribution in [1.29, 1.82) is 0 Å². The first kappa shape index (κ1) is 23.5. The molecular weight excluding hydrogens is 478 g/mol. The van der Waals surface area contributed by atoms with E-state index >= 15 is 0 Å². The third-order valence-electron chi connectivity index (χ3n) is 5.21. The average Bonchev–Trinajstić information content (AvgIpc) is 3.10. The summed E-state index contributed by atoms with van der Waals surface area (Å²) in [5.41, 5.74) is 6.21. The van der Waals surface area contributed by atoms with Crippen LogP contribution in [-0.2, 0) is 19.1 Å². The van der Waals surface area contributed by atoms with Gasteiger partial charge in [0.25, 0.3) is 11.8 Å². The smallest absolute Gasteiger partial charge is 0.311 e. The number of rotatable bonds is 6. The third-order valence-corrected chi connectivity index (χ3v) is 6.06. The number of halogens is 1. The van der Waals surface area contributed by atoms with Crippen molar-refractivity contribution in [2.24, 2.45) is 5.92 Å². The number of nitrogens with zero attached hydrogens (tertiary/aromatic N) is 1. The lowest BCUT2D eigenvalue weighted by Gasteiger charge is -2.18. The van der Waals surface area contributed by atoms with Gasteiger partial charge in [-0.05, 0) is 55.7 Å². The highest BCUT2D eigenvalue weighted by atomic mass is 79.9. The van der Waals surface area contributed by atoms with E-state index in [1.54, 1.807) is 25.1 Å². The van der Waals surface area contributed by atoms with Crippen molar-refractivity contribution in [3.63, 3.8) is 0 Å². The van der Waals surface area contributed by atoms with E-state index in [2.05, 4.69) is 26.7 Å². The van der Waals surface area contributed by atoms with Gasteiger partial charge in [0.15, 0.2) is 6.61 Å². The molecule has 3 rings (SSSR count). The first-order chi connectivity index (χ1) is 15.2. The number of carbonyl (C=O) groups excluding carboxylic acids is 4. The second-order valence-corrected chi connectivity index (χ2v) is 8.59. The molecule has 1 aliphatic rings. The Morgan fingerprint density at radius 1 is 1.09 bits per heavy atom. The van der Waals surface area contributed by atoms with Crippen LogP contribution in [0.3, 0.4) is 0 Å². The molecule has 1 aliphatic heterocycles. The summed E-state index contributed by atoms with van der Waals surface area (Å²) in [6.07, 6.45) is -0.0977. The van der Waals surface area contributed by atoms with E-state index in [9.17, 15) is 19.2 Å². The summed E-state index contributed by atoms with van der Waals surface area (Å²) in [5, 5.41) is 3.84. The second-order valence-electron chi connectivity index (χ2n) is 7.73. The first-order valence-electron chi connectivity index (χ1n) is 10.1. The summed E-state index contributed by atoms with van der Waals surface area (Å²) < 4.78 is 6.04. The molecule has 1 atom stereocenters. The molecule has 1 heterocycles. The van der Waals surface area contributed by atoms with Gasteiger partial charge in [0, 0.05) is 22.1 Å². The van der Waals surface area contributed by atoms with E-state index < -0.39 is 30.3 Å². The minimum atomic E-state index is -0.760. The van der Waals surface area contributed by atoms with Gasteiger partial charge in [0.2, 0.25) is 5.91 Å². The Balaban J connectivity index is 1.51. The summed E-state index contributed by atoms with van der Waals surface area (Å²) >= 11 is 3.44. The lowest BCUT2D eigenvalue weighted by atomic mass is 10.1. The van der Waals surface area contributed by atoms with Crippen LogP contribution in [0.15, 0.2) is 40.9 Å². The standard InChI is InChI=1S/C23H24BrN3O5/c1-13-6-4-5-7-17(13)22(30)26-27-11-16(10-21(27)29)23(31)32-12-20(28)25-19-9-14(2)18(24)8-15(19)3/h4-9,16H,10-12H2,1-3H3,(H,25,28)(H,26,30)/t16-/m0/s1. The van der Waals surface area contributed by atoms with Gasteiger partial charge in [-0.15, -0.1) is 0 Å². The number of esters is 1. The molecule has 32 heavy (non-hydrogen) atoms. The van der Waals surface area contributed by atoms with Crippen LogP contribution in [0.4, 0.5) is 5.69 Å². The summed E-state index contributed by atoms with van der Waals surface area (Å²) in [5.74, 6) is -2.71. The second kappa shape index (κ2) is 9.95. The van der Waals surface area contributed by atoms with Crippen LogP contribution in [0.5, 0.6) is 0 Å². The van der Waals surface area contributed by atoms with E-state index in [1.165, 1.54) is 0 Å². The number of hydrogen-bond acceptors (Lipinski definition) is 5. The number of nitrogens with one attached hydrogen (secondary N) is 2. The number of benzene rings is 2. The Labute approximate surface area is 194 Å². The maximum atomic E-state index is 12.4. The van der Waals surface area contributed by atoms with Crippen LogP contribution in [0, 0.1) is 26.7 Å². The molecule has 8 nitrogen and oxygen atoms in total. The Morgan fingerprint density at radius 3 is 2.53 bits per heavy atom. The molecule has 2 N–H and O–H groups in total. The van der Waals surface area contributed by atoms with Crippen LogP contribution in [-0.4, -0.2) is 41.9 Å².